The molecule has 2 rings (SSSR count). The van der Waals surface area contributed by atoms with Gasteiger partial charge in [0.05, 0.1) is 6.54 Å². The van der Waals surface area contributed by atoms with Crippen molar-refractivity contribution in [2.24, 2.45) is 0 Å². The summed E-state index contributed by atoms with van der Waals surface area (Å²) in [5.74, 6) is -0.0134. The monoisotopic (exact) mass is 313 g/mol. The second-order valence-electron chi connectivity index (χ2n) is 5.81. The van der Waals surface area contributed by atoms with Crippen LogP contribution in [-0.2, 0) is 17.9 Å². The molecule has 0 fully saturated rings. The van der Waals surface area contributed by atoms with Crippen LogP contribution in [0.25, 0.3) is 0 Å². The van der Waals surface area contributed by atoms with Gasteiger partial charge in [-0.3, -0.25) is 9.69 Å². The number of carbonyl (C=O) groups is 1. The van der Waals surface area contributed by atoms with Gasteiger partial charge >= 0.3 is 5.97 Å². The van der Waals surface area contributed by atoms with Gasteiger partial charge in [0.1, 0.15) is 12.4 Å². The topological polar surface area (TPSA) is 49.8 Å². The fourth-order valence-electron chi connectivity index (χ4n) is 2.30. The van der Waals surface area contributed by atoms with Gasteiger partial charge in [-0.05, 0) is 37.1 Å². The zero-order chi connectivity index (χ0) is 16.7. The molecule has 0 aliphatic rings. The average Bonchev–Trinajstić information content (AvgIpc) is 2.53. The zero-order valence-electron chi connectivity index (χ0n) is 13.6. The molecular weight excluding hydrogens is 290 g/mol. The Morgan fingerprint density at radius 1 is 1.09 bits per heavy atom. The number of hydrogen-bond acceptors (Lipinski definition) is 3. The summed E-state index contributed by atoms with van der Waals surface area (Å²) >= 11 is 0. The molecule has 0 amide bonds. The van der Waals surface area contributed by atoms with Crippen molar-refractivity contribution >= 4 is 5.97 Å². The van der Waals surface area contributed by atoms with Gasteiger partial charge in [0.2, 0.25) is 0 Å². The number of hydrogen-bond donors (Lipinski definition) is 1. The van der Waals surface area contributed by atoms with Crippen molar-refractivity contribution in [3.63, 3.8) is 0 Å². The molecule has 0 radical (unpaired) electrons. The van der Waals surface area contributed by atoms with E-state index >= 15 is 0 Å². The second kappa shape index (κ2) is 8.34. The lowest BCUT2D eigenvalue weighted by Gasteiger charge is -2.24. The van der Waals surface area contributed by atoms with Gasteiger partial charge in [0.25, 0.3) is 0 Å². The minimum atomic E-state index is -0.810. The Balaban J connectivity index is 1.99. The van der Waals surface area contributed by atoms with Gasteiger partial charge in [0.15, 0.2) is 0 Å². The fraction of sp³-hybridized carbons (Fsp3) is 0.316. The Morgan fingerprint density at radius 2 is 1.78 bits per heavy atom. The van der Waals surface area contributed by atoms with E-state index in [2.05, 4.69) is 0 Å². The van der Waals surface area contributed by atoms with E-state index in [1.54, 1.807) is 0 Å². The molecule has 0 aliphatic heterocycles. The fourth-order valence-corrected chi connectivity index (χ4v) is 2.30. The van der Waals surface area contributed by atoms with Gasteiger partial charge in [-0.2, -0.15) is 0 Å². The van der Waals surface area contributed by atoms with E-state index in [0.717, 1.165) is 16.9 Å². The van der Waals surface area contributed by atoms with Crippen molar-refractivity contribution < 1.29 is 14.6 Å². The molecule has 1 N–H and O–H groups in total. The smallest absolute Gasteiger partial charge is 0.317 e. The standard InChI is InChI=1S/C19H23NO3/c1-15(2)20(13-19(21)22)12-17-9-6-10-18(11-17)23-14-16-7-4-3-5-8-16/h3-11,15H,12-14H2,1-2H3,(H,21,22). The molecule has 0 heterocycles. The normalized spacial score (nSPS) is 11.0. The molecule has 0 atom stereocenters. The molecule has 122 valence electrons. The van der Waals surface area contributed by atoms with Crippen LogP contribution >= 0.6 is 0 Å². The van der Waals surface area contributed by atoms with Gasteiger partial charge in [-0.25, -0.2) is 0 Å². The van der Waals surface area contributed by atoms with Crippen molar-refractivity contribution in [2.75, 3.05) is 6.54 Å². The minimum Gasteiger partial charge on any atom is -0.489 e. The highest BCUT2D eigenvalue weighted by molar-refractivity contribution is 5.69. The van der Waals surface area contributed by atoms with Crippen LogP contribution in [0.15, 0.2) is 54.6 Å². The quantitative estimate of drug-likeness (QED) is 0.809. The Labute approximate surface area is 137 Å². The number of nitrogens with zero attached hydrogens (tertiary/aromatic N) is 1. The third kappa shape index (κ3) is 5.75. The maximum absolute atomic E-state index is 11.0. The maximum Gasteiger partial charge on any atom is 0.317 e. The molecule has 0 unspecified atom stereocenters. The highest BCUT2D eigenvalue weighted by atomic mass is 16.5. The van der Waals surface area contributed by atoms with Crippen LogP contribution in [0.3, 0.4) is 0 Å². The van der Waals surface area contributed by atoms with E-state index < -0.39 is 5.97 Å². The summed E-state index contributed by atoms with van der Waals surface area (Å²) in [4.78, 5) is 12.9. The number of carboxylic acid groups (broad SMARTS) is 1. The van der Waals surface area contributed by atoms with Gasteiger partial charge in [-0.1, -0.05) is 42.5 Å². The first-order valence-corrected chi connectivity index (χ1v) is 7.76. The first-order chi connectivity index (χ1) is 11.0. The van der Waals surface area contributed by atoms with E-state index in [9.17, 15) is 4.79 Å². The molecule has 4 nitrogen and oxygen atoms in total. The summed E-state index contributed by atoms with van der Waals surface area (Å²) in [5.41, 5.74) is 2.16. The lowest BCUT2D eigenvalue weighted by atomic mass is 10.1. The largest absolute Gasteiger partial charge is 0.489 e. The summed E-state index contributed by atoms with van der Waals surface area (Å²) < 4.78 is 5.82. The first-order valence-electron chi connectivity index (χ1n) is 7.76. The van der Waals surface area contributed by atoms with Crippen LogP contribution in [0.1, 0.15) is 25.0 Å². The highest BCUT2D eigenvalue weighted by Crippen LogP contribution is 2.17. The van der Waals surface area contributed by atoms with Crippen LogP contribution in [-0.4, -0.2) is 28.6 Å². The molecule has 0 saturated carbocycles. The van der Waals surface area contributed by atoms with Crippen LogP contribution in [0.4, 0.5) is 0 Å². The van der Waals surface area contributed by atoms with E-state index in [-0.39, 0.29) is 12.6 Å². The van der Waals surface area contributed by atoms with Crippen molar-refractivity contribution in [3.05, 3.63) is 65.7 Å². The predicted molar refractivity (Wildman–Crippen MR) is 90.4 cm³/mol. The molecule has 2 aromatic carbocycles. The van der Waals surface area contributed by atoms with E-state index in [0.29, 0.717) is 13.2 Å². The second-order valence-corrected chi connectivity index (χ2v) is 5.81. The van der Waals surface area contributed by atoms with E-state index in [4.69, 9.17) is 9.84 Å². The van der Waals surface area contributed by atoms with Gasteiger partial charge in [-0.15, -0.1) is 0 Å². The molecule has 0 spiro atoms. The molecule has 0 saturated heterocycles. The third-order valence-corrected chi connectivity index (χ3v) is 3.60. The van der Waals surface area contributed by atoms with E-state index in [1.165, 1.54) is 0 Å². The van der Waals surface area contributed by atoms with Gasteiger partial charge in [0, 0.05) is 12.6 Å². The minimum absolute atomic E-state index is 0.0345. The van der Waals surface area contributed by atoms with Crippen molar-refractivity contribution in [2.45, 2.75) is 33.0 Å². The molecular formula is C19H23NO3. The van der Waals surface area contributed by atoms with E-state index in [1.807, 2.05) is 73.3 Å². The number of benzene rings is 2. The summed E-state index contributed by atoms with van der Waals surface area (Å²) in [6.07, 6.45) is 0. The van der Waals surface area contributed by atoms with Crippen LogP contribution < -0.4 is 4.74 Å². The Hall–Kier alpha value is -2.33. The van der Waals surface area contributed by atoms with Crippen molar-refractivity contribution in [1.82, 2.24) is 4.90 Å². The summed E-state index contributed by atoms with van der Waals surface area (Å²) in [7, 11) is 0. The molecule has 0 aromatic heterocycles. The van der Waals surface area contributed by atoms with Crippen molar-refractivity contribution in [3.8, 4) is 5.75 Å². The Kier molecular flexibility index (Phi) is 6.18. The number of rotatable bonds is 8. The first kappa shape index (κ1) is 17.0. The SMILES string of the molecule is CC(C)N(CC(=O)O)Cc1cccc(OCc2ccccc2)c1. The average molecular weight is 313 g/mol. The van der Waals surface area contributed by atoms with Crippen LogP contribution in [0.5, 0.6) is 5.75 Å². The molecule has 0 aliphatic carbocycles. The maximum atomic E-state index is 11.0. The lowest BCUT2D eigenvalue weighted by Crippen LogP contribution is -2.35. The van der Waals surface area contributed by atoms with Crippen LogP contribution in [0, 0.1) is 0 Å². The molecule has 23 heavy (non-hydrogen) atoms. The highest BCUT2D eigenvalue weighted by Gasteiger charge is 2.14. The third-order valence-electron chi connectivity index (χ3n) is 3.60. The molecule has 0 bridgehead atoms. The van der Waals surface area contributed by atoms with Gasteiger partial charge < -0.3 is 9.84 Å². The predicted octanol–water partition coefficient (Wildman–Crippen LogP) is 3.56. The Bertz CT molecular complexity index is 626. The summed E-state index contributed by atoms with van der Waals surface area (Å²) in [6, 6.07) is 18.0. The molecule has 4 heteroatoms. The lowest BCUT2D eigenvalue weighted by molar-refractivity contribution is -0.138. The van der Waals surface area contributed by atoms with Crippen molar-refractivity contribution in [1.29, 1.82) is 0 Å². The van der Waals surface area contributed by atoms with Crippen LogP contribution in [0.2, 0.25) is 0 Å². The molecule has 2 aromatic rings. The number of ether oxygens (including phenoxy) is 1. The Morgan fingerprint density at radius 3 is 2.43 bits per heavy atom. The number of carboxylic acids is 1. The summed E-state index contributed by atoms with van der Waals surface area (Å²) in [5, 5.41) is 9.01. The zero-order valence-corrected chi connectivity index (χ0v) is 13.6. The summed E-state index contributed by atoms with van der Waals surface area (Å²) in [6.45, 7) is 5.14. The number of aliphatic carboxylic acids is 1.